The van der Waals surface area contributed by atoms with Gasteiger partial charge in [0.2, 0.25) is 0 Å². The van der Waals surface area contributed by atoms with Gasteiger partial charge in [0, 0.05) is 5.69 Å². The Kier molecular flexibility index (Phi) is 5.62. The zero-order valence-corrected chi connectivity index (χ0v) is 15.7. The van der Waals surface area contributed by atoms with Crippen LogP contribution in [0.4, 0.5) is 5.69 Å². The maximum Gasteiger partial charge on any atom is 0.339 e. The van der Waals surface area contributed by atoms with Crippen LogP contribution in [0.5, 0.6) is 0 Å². The molecule has 0 aliphatic heterocycles. The molecule has 0 saturated carbocycles. The number of carbonyl (C=O) groups excluding carboxylic acids is 2. The fraction of sp³-hybridized carbons (Fsp3) is 0.333. The number of esters is 1. The summed E-state index contributed by atoms with van der Waals surface area (Å²) in [6.07, 6.45) is -0.881. The monoisotopic (exact) mass is 339 g/mol. The summed E-state index contributed by atoms with van der Waals surface area (Å²) < 4.78 is 5.34. The Labute approximate surface area is 149 Å². The maximum atomic E-state index is 12.4. The van der Waals surface area contributed by atoms with Crippen molar-refractivity contribution in [1.82, 2.24) is 0 Å². The molecule has 1 atom stereocenters. The highest BCUT2D eigenvalue weighted by molar-refractivity contribution is 5.98. The molecule has 4 heteroatoms. The minimum absolute atomic E-state index is 0.340. The molecule has 0 spiro atoms. The second kappa shape index (κ2) is 7.51. The molecule has 0 bridgehead atoms. The molecule has 2 aromatic carbocycles. The van der Waals surface area contributed by atoms with Crippen LogP contribution in [-0.4, -0.2) is 18.0 Å². The lowest BCUT2D eigenvalue weighted by Gasteiger charge is -2.17. The second-order valence-electron chi connectivity index (χ2n) is 6.63. The number of anilines is 1. The molecule has 1 amide bonds. The van der Waals surface area contributed by atoms with Gasteiger partial charge >= 0.3 is 5.97 Å². The largest absolute Gasteiger partial charge is 0.449 e. The van der Waals surface area contributed by atoms with E-state index >= 15 is 0 Å². The maximum absolute atomic E-state index is 12.4. The Hall–Kier alpha value is -2.62. The molecule has 0 fully saturated rings. The lowest BCUT2D eigenvalue weighted by atomic mass is 10.0. The van der Waals surface area contributed by atoms with Crippen molar-refractivity contribution in [3.05, 3.63) is 63.7 Å². The summed E-state index contributed by atoms with van der Waals surface area (Å²) in [5.74, 6) is -0.828. The molecule has 0 aromatic heterocycles. The first kappa shape index (κ1) is 18.7. The molecule has 2 rings (SSSR count). The topological polar surface area (TPSA) is 55.4 Å². The first-order valence-electron chi connectivity index (χ1n) is 8.36. The Morgan fingerprint density at radius 2 is 1.44 bits per heavy atom. The molecule has 2 aromatic rings. The van der Waals surface area contributed by atoms with Gasteiger partial charge in [-0.3, -0.25) is 4.79 Å². The van der Waals surface area contributed by atoms with Crippen molar-refractivity contribution in [2.24, 2.45) is 0 Å². The summed E-state index contributed by atoms with van der Waals surface area (Å²) in [6, 6.07) is 9.52. The molecule has 0 radical (unpaired) electrons. The van der Waals surface area contributed by atoms with Crippen LogP contribution in [0, 0.1) is 34.6 Å². The number of carbonyl (C=O) groups is 2. The molecule has 1 N–H and O–H groups in total. The zero-order valence-electron chi connectivity index (χ0n) is 15.7. The van der Waals surface area contributed by atoms with Crippen LogP contribution in [0.15, 0.2) is 30.3 Å². The van der Waals surface area contributed by atoms with Crippen LogP contribution in [0.1, 0.15) is 45.1 Å². The van der Waals surface area contributed by atoms with Crippen LogP contribution < -0.4 is 5.32 Å². The van der Waals surface area contributed by atoms with E-state index in [0.29, 0.717) is 5.56 Å². The molecule has 25 heavy (non-hydrogen) atoms. The Morgan fingerprint density at radius 1 is 0.880 bits per heavy atom. The van der Waals surface area contributed by atoms with Crippen molar-refractivity contribution in [2.45, 2.75) is 47.6 Å². The summed E-state index contributed by atoms with van der Waals surface area (Å²) >= 11 is 0. The van der Waals surface area contributed by atoms with Gasteiger partial charge in [0.1, 0.15) is 0 Å². The normalized spacial score (nSPS) is 11.8. The number of aryl methyl sites for hydroxylation is 5. The number of hydrogen-bond acceptors (Lipinski definition) is 3. The predicted molar refractivity (Wildman–Crippen MR) is 100 cm³/mol. The molecule has 0 aliphatic carbocycles. The minimum atomic E-state index is -0.881. The zero-order chi connectivity index (χ0) is 18.7. The highest BCUT2D eigenvalue weighted by Gasteiger charge is 2.21. The van der Waals surface area contributed by atoms with E-state index in [1.807, 2.05) is 58.9 Å². The van der Waals surface area contributed by atoms with Crippen molar-refractivity contribution in [1.29, 1.82) is 0 Å². The molecule has 132 valence electrons. The third-order valence-electron chi connectivity index (χ3n) is 4.18. The molecular weight excluding hydrogens is 314 g/mol. The highest BCUT2D eigenvalue weighted by atomic mass is 16.5. The Morgan fingerprint density at radius 3 is 2.00 bits per heavy atom. The van der Waals surface area contributed by atoms with Crippen LogP contribution in [-0.2, 0) is 9.53 Å². The lowest BCUT2D eigenvalue weighted by Crippen LogP contribution is -2.30. The third-order valence-corrected chi connectivity index (χ3v) is 4.18. The summed E-state index contributed by atoms with van der Waals surface area (Å²) in [5, 5.41) is 2.87. The molecule has 0 heterocycles. The van der Waals surface area contributed by atoms with Crippen molar-refractivity contribution >= 4 is 17.6 Å². The van der Waals surface area contributed by atoms with E-state index in [2.05, 4.69) is 5.32 Å². The minimum Gasteiger partial charge on any atom is -0.449 e. The van der Waals surface area contributed by atoms with Crippen LogP contribution in [0.3, 0.4) is 0 Å². The molecule has 0 aliphatic rings. The van der Waals surface area contributed by atoms with Crippen molar-refractivity contribution in [3.63, 3.8) is 0 Å². The van der Waals surface area contributed by atoms with E-state index in [-0.39, 0.29) is 5.91 Å². The average Bonchev–Trinajstić information content (AvgIpc) is 2.50. The SMILES string of the molecule is Cc1ccc(C(=O)O[C@H](C)C(=O)Nc2c(C)cc(C)cc2C)c(C)c1. The Bertz CT molecular complexity index is 801. The van der Waals surface area contributed by atoms with E-state index in [1.165, 1.54) is 0 Å². The number of hydrogen-bond donors (Lipinski definition) is 1. The summed E-state index contributed by atoms with van der Waals surface area (Å²) in [5.41, 5.74) is 6.27. The molecule has 4 nitrogen and oxygen atoms in total. The van der Waals surface area contributed by atoms with E-state index < -0.39 is 12.1 Å². The van der Waals surface area contributed by atoms with Crippen molar-refractivity contribution in [3.8, 4) is 0 Å². The van der Waals surface area contributed by atoms with Gasteiger partial charge < -0.3 is 10.1 Å². The van der Waals surface area contributed by atoms with Gasteiger partial charge in [-0.1, -0.05) is 35.4 Å². The van der Waals surface area contributed by atoms with E-state index in [0.717, 1.165) is 33.5 Å². The van der Waals surface area contributed by atoms with E-state index in [9.17, 15) is 9.59 Å². The second-order valence-corrected chi connectivity index (χ2v) is 6.63. The van der Waals surface area contributed by atoms with Crippen LogP contribution >= 0.6 is 0 Å². The van der Waals surface area contributed by atoms with E-state index in [4.69, 9.17) is 4.74 Å². The number of rotatable bonds is 4. The fourth-order valence-electron chi connectivity index (χ4n) is 2.92. The van der Waals surface area contributed by atoms with Gasteiger partial charge in [-0.15, -0.1) is 0 Å². The number of benzene rings is 2. The van der Waals surface area contributed by atoms with Crippen LogP contribution in [0.2, 0.25) is 0 Å². The standard InChI is InChI=1S/C21H25NO3/c1-12-7-8-18(14(3)9-12)21(24)25-17(6)20(23)22-19-15(4)10-13(2)11-16(19)5/h7-11,17H,1-6H3,(H,22,23)/t17-/m1/s1. The Balaban J connectivity index is 2.09. The summed E-state index contributed by atoms with van der Waals surface area (Å²) in [7, 11) is 0. The molecular formula is C21H25NO3. The van der Waals surface area contributed by atoms with Crippen molar-refractivity contribution in [2.75, 3.05) is 5.32 Å². The van der Waals surface area contributed by atoms with Gasteiger partial charge in [-0.25, -0.2) is 4.79 Å². The predicted octanol–water partition coefficient (Wildman–Crippen LogP) is 4.41. The summed E-state index contributed by atoms with van der Waals surface area (Å²) in [4.78, 5) is 24.7. The molecule has 0 saturated heterocycles. The number of ether oxygens (including phenoxy) is 1. The highest BCUT2D eigenvalue weighted by Crippen LogP contribution is 2.22. The fourth-order valence-corrected chi connectivity index (χ4v) is 2.92. The van der Waals surface area contributed by atoms with Gasteiger partial charge in [-0.2, -0.15) is 0 Å². The van der Waals surface area contributed by atoms with Crippen molar-refractivity contribution < 1.29 is 14.3 Å². The molecule has 0 unspecified atom stereocenters. The van der Waals surface area contributed by atoms with E-state index in [1.54, 1.807) is 13.0 Å². The summed E-state index contributed by atoms with van der Waals surface area (Å²) in [6.45, 7) is 11.3. The first-order valence-corrected chi connectivity index (χ1v) is 8.36. The smallest absolute Gasteiger partial charge is 0.339 e. The number of nitrogens with one attached hydrogen (secondary N) is 1. The van der Waals surface area contributed by atoms with Gasteiger partial charge in [0.05, 0.1) is 5.56 Å². The van der Waals surface area contributed by atoms with Gasteiger partial charge in [0.25, 0.3) is 5.91 Å². The average molecular weight is 339 g/mol. The van der Waals surface area contributed by atoms with Crippen LogP contribution in [0.25, 0.3) is 0 Å². The lowest BCUT2D eigenvalue weighted by molar-refractivity contribution is -0.123. The van der Waals surface area contributed by atoms with Gasteiger partial charge in [-0.05, 0) is 64.3 Å². The quantitative estimate of drug-likeness (QED) is 0.839. The van der Waals surface area contributed by atoms with Gasteiger partial charge in [0.15, 0.2) is 6.10 Å². The first-order chi connectivity index (χ1) is 11.7. The third kappa shape index (κ3) is 4.47. The number of amides is 1.